The lowest BCUT2D eigenvalue weighted by atomic mass is 10.0. The van der Waals surface area contributed by atoms with Crippen molar-refractivity contribution in [3.8, 4) is 5.75 Å². The normalized spacial score (nSPS) is 16.9. The summed E-state index contributed by atoms with van der Waals surface area (Å²) in [4.78, 5) is 43.6. The zero-order valence-corrected chi connectivity index (χ0v) is 20.3. The molecule has 1 atom stereocenters. The van der Waals surface area contributed by atoms with Crippen LogP contribution >= 0.6 is 23.1 Å². The molecule has 2 amide bonds. The van der Waals surface area contributed by atoms with Gasteiger partial charge in [0.1, 0.15) is 12.3 Å². The number of esters is 1. The molecule has 0 spiro atoms. The number of amides is 2. The number of piperidine rings is 1. The Balaban J connectivity index is 1.71. The molecule has 1 aliphatic heterocycles. The van der Waals surface area contributed by atoms with Crippen LogP contribution in [0.5, 0.6) is 5.75 Å². The third kappa shape index (κ3) is 5.92. The summed E-state index contributed by atoms with van der Waals surface area (Å²) < 4.78 is 12.6. The number of aromatic nitrogens is 1. The van der Waals surface area contributed by atoms with Gasteiger partial charge in [0.05, 0.1) is 35.9 Å². The van der Waals surface area contributed by atoms with Crippen LogP contribution in [-0.4, -0.2) is 65.6 Å². The molecule has 3 rings (SSSR count). The van der Waals surface area contributed by atoms with Gasteiger partial charge in [-0.25, -0.2) is 0 Å². The van der Waals surface area contributed by atoms with Crippen molar-refractivity contribution in [1.29, 1.82) is 0 Å². The van der Waals surface area contributed by atoms with E-state index in [1.807, 2.05) is 17.0 Å². The van der Waals surface area contributed by atoms with Crippen LogP contribution in [0.4, 0.5) is 0 Å². The number of ether oxygens (including phenoxy) is 2. The second-order valence-corrected chi connectivity index (χ2v) is 9.52. The number of carbonyl (C=O) groups is 3. The SMILES string of the molecule is CCC1CCCCN1C(=O)CSCC(=O)N=c1sc2cc(OC)ccc2n1CC(=O)OC. The summed E-state index contributed by atoms with van der Waals surface area (Å²) in [5.41, 5.74) is 0.770. The van der Waals surface area contributed by atoms with Crippen LogP contribution in [0, 0.1) is 0 Å². The average molecular weight is 480 g/mol. The summed E-state index contributed by atoms with van der Waals surface area (Å²) in [6.45, 7) is 2.86. The van der Waals surface area contributed by atoms with Crippen molar-refractivity contribution in [2.24, 2.45) is 4.99 Å². The van der Waals surface area contributed by atoms with Crippen molar-refractivity contribution in [1.82, 2.24) is 9.47 Å². The molecule has 1 aromatic heterocycles. The number of benzene rings is 1. The molecule has 0 bridgehead atoms. The molecule has 2 aromatic rings. The third-order valence-corrected chi connectivity index (χ3v) is 7.44. The molecule has 0 aliphatic carbocycles. The van der Waals surface area contributed by atoms with E-state index in [4.69, 9.17) is 9.47 Å². The van der Waals surface area contributed by atoms with Crippen LogP contribution in [0.25, 0.3) is 10.2 Å². The van der Waals surface area contributed by atoms with Gasteiger partial charge >= 0.3 is 5.97 Å². The van der Waals surface area contributed by atoms with Crippen LogP contribution in [0.15, 0.2) is 23.2 Å². The van der Waals surface area contributed by atoms with Crippen LogP contribution in [0.2, 0.25) is 0 Å². The Labute approximate surface area is 195 Å². The van der Waals surface area contributed by atoms with Gasteiger partial charge in [-0.15, -0.1) is 11.8 Å². The maximum absolute atomic E-state index is 12.6. The first-order valence-electron chi connectivity index (χ1n) is 10.7. The molecular formula is C22H29N3O5S2. The fraction of sp³-hybridized carbons (Fsp3) is 0.545. The van der Waals surface area contributed by atoms with Gasteiger partial charge in [-0.1, -0.05) is 18.3 Å². The second-order valence-electron chi connectivity index (χ2n) is 7.52. The molecule has 10 heteroatoms. The summed E-state index contributed by atoms with van der Waals surface area (Å²) in [5, 5.41) is 0. The fourth-order valence-electron chi connectivity index (χ4n) is 3.81. The minimum absolute atomic E-state index is 0.0477. The molecule has 1 aliphatic rings. The number of thiazole rings is 1. The molecule has 0 saturated carbocycles. The highest BCUT2D eigenvalue weighted by atomic mass is 32.2. The first kappa shape index (κ1) is 24.3. The fourth-order valence-corrected chi connectivity index (χ4v) is 5.57. The lowest BCUT2D eigenvalue weighted by Gasteiger charge is -2.35. The van der Waals surface area contributed by atoms with E-state index < -0.39 is 5.97 Å². The first-order chi connectivity index (χ1) is 15.5. The average Bonchev–Trinajstić information content (AvgIpc) is 3.14. The van der Waals surface area contributed by atoms with E-state index >= 15 is 0 Å². The summed E-state index contributed by atoms with van der Waals surface area (Å²) in [6, 6.07) is 5.77. The molecule has 1 unspecified atom stereocenters. The molecule has 0 N–H and O–H groups in total. The van der Waals surface area contributed by atoms with Crippen molar-refractivity contribution in [2.75, 3.05) is 32.3 Å². The number of rotatable bonds is 8. The van der Waals surface area contributed by atoms with Crippen molar-refractivity contribution in [3.05, 3.63) is 23.0 Å². The Bertz CT molecular complexity index is 1050. The van der Waals surface area contributed by atoms with Gasteiger partial charge in [-0.2, -0.15) is 4.99 Å². The van der Waals surface area contributed by atoms with E-state index in [0.717, 1.165) is 36.0 Å². The number of thioether (sulfide) groups is 1. The zero-order valence-electron chi connectivity index (χ0n) is 18.7. The Morgan fingerprint density at radius 3 is 2.75 bits per heavy atom. The van der Waals surface area contributed by atoms with E-state index in [0.29, 0.717) is 16.6 Å². The predicted molar refractivity (Wildman–Crippen MR) is 126 cm³/mol. The van der Waals surface area contributed by atoms with E-state index in [1.165, 1.54) is 36.6 Å². The number of methoxy groups -OCH3 is 2. The van der Waals surface area contributed by atoms with Crippen molar-refractivity contribution in [3.63, 3.8) is 0 Å². The lowest BCUT2D eigenvalue weighted by Crippen LogP contribution is -2.44. The highest BCUT2D eigenvalue weighted by molar-refractivity contribution is 8.00. The number of likely N-dealkylation sites (tertiary alicyclic amines) is 1. The largest absolute Gasteiger partial charge is 0.497 e. The minimum Gasteiger partial charge on any atom is -0.497 e. The standard InChI is InChI=1S/C22H29N3O5S2/c1-4-15-7-5-6-10-24(15)20(27)14-31-13-19(26)23-22-25(12-21(28)30-3)17-9-8-16(29-2)11-18(17)32-22/h8-9,11,15H,4-7,10,12-14H2,1-3H3. The number of hydrogen-bond acceptors (Lipinski definition) is 7. The van der Waals surface area contributed by atoms with Crippen LogP contribution in [0.1, 0.15) is 32.6 Å². The molecular weight excluding hydrogens is 450 g/mol. The Kier molecular flexibility index (Phi) is 8.75. The van der Waals surface area contributed by atoms with E-state index in [-0.39, 0.29) is 29.9 Å². The number of carbonyl (C=O) groups excluding carboxylic acids is 3. The Morgan fingerprint density at radius 2 is 2.03 bits per heavy atom. The van der Waals surface area contributed by atoms with Gasteiger partial charge in [0, 0.05) is 12.6 Å². The van der Waals surface area contributed by atoms with Gasteiger partial charge in [0.2, 0.25) is 5.91 Å². The van der Waals surface area contributed by atoms with Crippen LogP contribution in [-0.2, 0) is 25.7 Å². The molecule has 0 radical (unpaired) electrons. The van der Waals surface area contributed by atoms with Gasteiger partial charge in [-0.05, 0) is 43.9 Å². The molecule has 8 nitrogen and oxygen atoms in total. The molecule has 1 saturated heterocycles. The lowest BCUT2D eigenvalue weighted by molar-refractivity contribution is -0.141. The molecule has 174 valence electrons. The molecule has 32 heavy (non-hydrogen) atoms. The maximum atomic E-state index is 12.6. The summed E-state index contributed by atoms with van der Waals surface area (Å²) in [7, 11) is 2.90. The van der Waals surface area contributed by atoms with Crippen molar-refractivity contribution in [2.45, 2.75) is 45.2 Å². The number of fused-ring (bicyclic) bond motifs is 1. The maximum Gasteiger partial charge on any atom is 0.325 e. The van der Waals surface area contributed by atoms with Crippen LogP contribution < -0.4 is 9.54 Å². The second kappa shape index (κ2) is 11.5. The minimum atomic E-state index is -0.429. The Morgan fingerprint density at radius 1 is 1.22 bits per heavy atom. The van der Waals surface area contributed by atoms with Gasteiger partial charge in [0.25, 0.3) is 5.91 Å². The molecule has 2 heterocycles. The van der Waals surface area contributed by atoms with Crippen LogP contribution in [0.3, 0.4) is 0 Å². The molecule has 1 aromatic carbocycles. The van der Waals surface area contributed by atoms with Gasteiger partial charge < -0.3 is 18.9 Å². The number of nitrogens with zero attached hydrogens (tertiary/aromatic N) is 3. The third-order valence-electron chi connectivity index (χ3n) is 5.49. The quantitative estimate of drug-likeness (QED) is 0.541. The summed E-state index contributed by atoms with van der Waals surface area (Å²) >= 11 is 2.58. The monoisotopic (exact) mass is 479 g/mol. The van der Waals surface area contributed by atoms with Gasteiger partial charge in [-0.3, -0.25) is 14.4 Å². The highest BCUT2D eigenvalue weighted by Crippen LogP contribution is 2.23. The topological polar surface area (TPSA) is 90.2 Å². The number of hydrogen-bond donors (Lipinski definition) is 0. The highest BCUT2D eigenvalue weighted by Gasteiger charge is 2.25. The summed E-state index contributed by atoms with van der Waals surface area (Å²) in [6.07, 6.45) is 4.22. The van der Waals surface area contributed by atoms with Gasteiger partial charge in [0.15, 0.2) is 4.80 Å². The predicted octanol–water partition coefficient (Wildman–Crippen LogP) is 2.84. The molecule has 1 fully saturated rings. The van der Waals surface area contributed by atoms with Crippen molar-refractivity contribution >= 4 is 51.1 Å². The zero-order chi connectivity index (χ0) is 23.1. The van der Waals surface area contributed by atoms with E-state index in [1.54, 1.807) is 17.7 Å². The first-order valence-corrected chi connectivity index (χ1v) is 12.6. The Hall–Kier alpha value is -2.33. The van der Waals surface area contributed by atoms with E-state index in [2.05, 4.69) is 11.9 Å². The van der Waals surface area contributed by atoms with Crippen molar-refractivity contribution < 1.29 is 23.9 Å². The summed E-state index contributed by atoms with van der Waals surface area (Å²) in [5.74, 6) is 0.366. The van der Waals surface area contributed by atoms with E-state index in [9.17, 15) is 14.4 Å². The smallest absolute Gasteiger partial charge is 0.325 e.